The number of aliphatic hydroxyl groups excluding tert-OH is 1. The van der Waals surface area contributed by atoms with Gasteiger partial charge in [-0.05, 0) is 36.4 Å². The van der Waals surface area contributed by atoms with Gasteiger partial charge in [0.2, 0.25) is 12.4 Å². The second-order valence-electron chi connectivity index (χ2n) is 7.47. The molecular formula is C26H22O8. The maximum atomic E-state index is 12.8. The van der Waals surface area contributed by atoms with Gasteiger partial charge in [0.05, 0.1) is 23.3 Å². The molecule has 1 saturated heterocycles. The lowest BCUT2D eigenvalue weighted by Crippen LogP contribution is -2.42. The van der Waals surface area contributed by atoms with E-state index in [0.29, 0.717) is 0 Å². The Balaban J connectivity index is 1.59. The summed E-state index contributed by atoms with van der Waals surface area (Å²) in [5, 5.41) is 9.86. The largest absolute Gasteiger partial charge is 0.452 e. The zero-order chi connectivity index (χ0) is 23.9. The molecule has 0 spiro atoms. The minimum Gasteiger partial charge on any atom is -0.452 e. The number of carbonyl (C=O) groups is 3. The molecule has 4 atom stereocenters. The van der Waals surface area contributed by atoms with Gasteiger partial charge in [0.1, 0.15) is 6.10 Å². The molecule has 0 unspecified atom stereocenters. The highest BCUT2D eigenvalue weighted by Crippen LogP contribution is 2.30. The van der Waals surface area contributed by atoms with Crippen LogP contribution < -0.4 is 0 Å². The SMILES string of the molecule is O=C(O[C@H]1O[C@H](CO)[C@@H](OC(=O)c2ccccc2)[C@H]1OC(=O)c1ccccc1)c1ccccc1. The molecule has 3 aromatic rings. The van der Waals surface area contributed by atoms with Gasteiger partial charge in [-0.3, -0.25) is 0 Å². The first kappa shape index (κ1) is 23.2. The van der Waals surface area contributed by atoms with Gasteiger partial charge in [-0.25, -0.2) is 14.4 Å². The van der Waals surface area contributed by atoms with Crippen LogP contribution in [0, 0.1) is 0 Å². The Morgan fingerprint density at radius 3 is 1.41 bits per heavy atom. The average Bonchev–Trinajstić information content (AvgIpc) is 3.20. The van der Waals surface area contributed by atoms with Crippen LogP contribution in [-0.2, 0) is 18.9 Å². The summed E-state index contributed by atoms with van der Waals surface area (Å²) in [4.78, 5) is 38.1. The Morgan fingerprint density at radius 2 is 1.00 bits per heavy atom. The number of rotatable bonds is 7. The molecule has 1 aliphatic rings. The maximum absolute atomic E-state index is 12.8. The van der Waals surface area contributed by atoms with E-state index in [4.69, 9.17) is 18.9 Å². The Labute approximate surface area is 195 Å². The zero-order valence-corrected chi connectivity index (χ0v) is 18.0. The normalized spacial score (nSPS) is 21.4. The third kappa shape index (κ3) is 5.31. The van der Waals surface area contributed by atoms with Gasteiger partial charge in [-0.15, -0.1) is 0 Å². The molecule has 1 fully saturated rings. The van der Waals surface area contributed by atoms with Crippen molar-refractivity contribution < 1.29 is 38.4 Å². The van der Waals surface area contributed by atoms with E-state index in [-0.39, 0.29) is 16.7 Å². The lowest BCUT2D eigenvalue weighted by Gasteiger charge is -2.23. The molecule has 0 radical (unpaired) electrons. The summed E-state index contributed by atoms with van der Waals surface area (Å²) in [5.41, 5.74) is 0.762. The zero-order valence-electron chi connectivity index (χ0n) is 18.0. The molecule has 1 heterocycles. The predicted octanol–water partition coefficient (Wildman–Crippen LogP) is 3.01. The molecular weight excluding hydrogens is 440 g/mol. The van der Waals surface area contributed by atoms with E-state index in [1.54, 1.807) is 91.0 Å². The molecule has 174 valence electrons. The van der Waals surface area contributed by atoms with Gasteiger partial charge in [-0.1, -0.05) is 54.6 Å². The molecule has 3 aromatic carbocycles. The Bertz CT molecular complexity index is 1120. The number of benzene rings is 3. The van der Waals surface area contributed by atoms with Crippen molar-refractivity contribution in [2.45, 2.75) is 24.6 Å². The summed E-state index contributed by atoms with van der Waals surface area (Å²) in [5.74, 6) is -2.16. The van der Waals surface area contributed by atoms with Crippen molar-refractivity contribution in [3.05, 3.63) is 108 Å². The lowest BCUT2D eigenvalue weighted by atomic mass is 10.1. The molecule has 8 heteroatoms. The van der Waals surface area contributed by atoms with E-state index in [9.17, 15) is 19.5 Å². The highest BCUT2D eigenvalue weighted by molar-refractivity contribution is 5.91. The second kappa shape index (κ2) is 10.7. The van der Waals surface area contributed by atoms with Crippen molar-refractivity contribution in [3.63, 3.8) is 0 Å². The van der Waals surface area contributed by atoms with E-state index >= 15 is 0 Å². The van der Waals surface area contributed by atoms with Gasteiger partial charge < -0.3 is 24.1 Å². The summed E-state index contributed by atoms with van der Waals surface area (Å²) in [7, 11) is 0. The van der Waals surface area contributed by atoms with Crippen LogP contribution in [0.25, 0.3) is 0 Å². The molecule has 0 amide bonds. The molecule has 1 N–H and O–H groups in total. The first-order chi connectivity index (χ1) is 16.6. The third-order valence-electron chi connectivity index (χ3n) is 5.19. The molecule has 0 saturated carbocycles. The third-order valence-corrected chi connectivity index (χ3v) is 5.19. The van der Waals surface area contributed by atoms with Crippen LogP contribution in [0.2, 0.25) is 0 Å². The summed E-state index contributed by atoms with van der Waals surface area (Å²) in [6.45, 7) is -0.564. The standard InChI is InChI=1S/C26H22O8/c27-16-20-21(32-23(28)17-10-4-1-5-11-17)22(33-24(29)18-12-6-2-7-13-18)26(31-20)34-25(30)19-14-8-3-9-15-19/h1-15,20-22,26-27H,16H2/t20-,21-,22-,26-/m1/s1. The second-order valence-corrected chi connectivity index (χ2v) is 7.47. The van der Waals surface area contributed by atoms with Crippen molar-refractivity contribution in [1.29, 1.82) is 0 Å². The molecule has 0 bridgehead atoms. The van der Waals surface area contributed by atoms with Crippen molar-refractivity contribution in [1.82, 2.24) is 0 Å². The van der Waals surface area contributed by atoms with Gasteiger partial charge in [-0.2, -0.15) is 0 Å². The van der Waals surface area contributed by atoms with Crippen LogP contribution in [0.4, 0.5) is 0 Å². The fraction of sp³-hybridized carbons (Fsp3) is 0.192. The Kier molecular flexibility index (Phi) is 7.31. The fourth-order valence-corrected chi connectivity index (χ4v) is 3.48. The van der Waals surface area contributed by atoms with E-state index < -0.39 is 49.1 Å². The molecule has 4 rings (SSSR count). The maximum Gasteiger partial charge on any atom is 0.340 e. The summed E-state index contributed by atoms with van der Waals surface area (Å²) < 4.78 is 22.3. The van der Waals surface area contributed by atoms with E-state index in [0.717, 1.165) is 0 Å². The lowest BCUT2D eigenvalue weighted by molar-refractivity contribution is -0.141. The van der Waals surface area contributed by atoms with Crippen molar-refractivity contribution >= 4 is 17.9 Å². The van der Waals surface area contributed by atoms with Crippen LogP contribution >= 0.6 is 0 Å². The van der Waals surface area contributed by atoms with E-state index in [1.165, 1.54) is 0 Å². The molecule has 8 nitrogen and oxygen atoms in total. The molecule has 34 heavy (non-hydrogen) atoms. The number of ether oxygens (including phenoxy) is 4. The smallest absolute Gasteiger partial charge is 0.340 e. The molecule has 0 aromatic heterocycles. The first-order valence-corrected chi connectivity index (χ1v) is 10.6. The van der Waals surface area contributed by atoms with Crippen LogP contribution in [0.3, 0.4) is 0 Å². The van der Waals surface area contributed by atoms with Gasteiger partial charge >= 0.3 is 17.9 Å². The van der Waals surface area contributed by atoms with Crippen LogP contribution in [0.15, 0.2) is 91.0 Å². The number of hydrogen-bond donors (Lipinski definition) is 1. The predicted molar refractivity (Wildman–Crippen MR) is 119 cm³/mol. The van der Waals surface area contributed by atoms with Gasteiger partial charge in [0.25, 0.3) is 0 Å². The number of hydrogen-bond acceptors (Lipinski definition) is 8. The molecule has 0 aliphatic carbocycles. The highest BCUT2D eigenvalue weighted by atomic mass is 16.7. The van der Waals surface area contributed by atoms with Gasteiger partial charge in [0.15, 0.2) is 6.10 Å². The average molecular weight is 462 g/mol. The topological polar surface area (TPSA) is 108 Å². The highest BCUT2D eigenvalue weighted by Gasteiger charge is 2.51. The number of aliphatic hydroxyl groups is 1. The summed E-state index contributed by atoms with van der Waals surface area (Å²) in [6, 6.07) is 24.6. The van der Waals surface area contributed by atoms with Crippen LogP contribution in [0.1, 0.15) is 31.1 Å². The van der Waals surface area contributed by atoms with E-state index in [1.807, 2.05) is 0 Å². The van der Waals surface area contributed by atoms with E-state index in [2.05, 4.69) is 0 Å². The van der Waals surface area contributed by atoms with Crippen molar-refractivity contribution in [3.8, 4) is 0 Å². The van der Waals surface area contributed by atoms with Gasteiger partial charge in [0, 0.05) is 0 Å². The van der Waals surface area contributed by atoms with Crippen LogP contribution in [0.5, 0.6) is 0 Å². The number of esters is 3. The minimum atomic E-state index is -1.41. The van der Waals surface area contributed by atoms with Crippen molar-refractivity contribution in [2.24, 2.45) is 0 Å². The Hall–Kier alpha value is -4.01. The Morgan fingerprint density at radius 1 is 0.618 bits per heavy atom. The molecule has 1 aliphatic heterocycles. The van der Waals surface area contributed by atoms with Crippen molar-refractivity contribution in [2.75, 3.05) is 6.61 Å². The number of carbonyl (C=O) groups excluding carboxylic acids is 3. The quantitative estimate of drug-likeness (QED) is 0.422. The summed E-state index contributed by atoms with van der Waals surface area (Å²) >= 11 is 0. The minimum absolute atomic E-state index is 0.247. The monoisotopic (exact) mass is 462 g/mol. The first-order valence-electron chi connectivity index (χ1n) is 10.6. The van der Waals surface area contributed by atoms with Crippen LogP contribution in [-0.4, -0.2) is 54.2 Å². The fourth-order valence-electron chi connectivity index (χ4n) is 3.48. The summed E-state index contributed by atoms with van der Waals surface area (Å²) in [6.07, 6.45) is -5.04.